The molecule has 0 radical (unpaired) electrons. The molecule has 0 fully saturated rings. The Balaban J connectivity index is 3.87. The van der Waals surface area contributed by atoms with E-state index in [1.807, 2.05) is 5.32 Å². The molecule has 0 aliphatic heterocycles. The van der Waals surface area contributed by atoms with E-state index in [-0.39, 0.29) is 6.41 Å². The van der Waals surface area contributed by atoms with Crippen LogP contribution in [-0.4, -0.2) is 34.8 Å². The number of carbonyl (C=O) groups excluding carboxylic acids is 1. The van der Waals surface area contributed by atoms with Gasteiger partial charge in [-0.3, -0.25) is 4.79 Å². The molecule has 2 N–H and O–H groups in total. The van der Waals surface area contributed by atoms with Gasteiger partial charge in [0.2, 0.25) is 13.1 Å². The fourth-order valence-electron chi connectivity index (χ4n) is 0.453. The van der Waals surface area contributed by atoms with Gasteiger partial charge in [0.25, 0.3) is 0 Å². The van der Waals surface area contributed by atoms with Crippen LogP contribution in [0, 0.1) is 20.2 Å². The molecule has 0 saturated heterocycles. The second-order valence-corrected chi connectivity index (χ2v) is 1.80. The second kappa shape index (κ2) is 5.51. The third-order valence-electron chi connectivity index (χ3n) is 0.970. The van der Waals surface area contributed by atoms with Gasteiger partial charge in [-0.1, -0.05) is 5.01 Å². The molecular formula is C3H7N5O5. The molecule has 0 aliphatic rings. The Labute approximate surface area is 71.7 Å². The summed E-state index contributed by atoms with van der Waals surface area (Å²) in [6.45, 7) is -1.00. The van der Waals surface area contributed by atoms with E-state index in [0.717, 1.165) is 0 Å². The summed E-state index contributed by atoms with van der Waals surface area (Å²) in [6, 6.07) is 0. The Bertz CT molecular complexity index is 206. The van der Waals surface area contributed by atoms with E-state index in [9.17, 15) is 25.0 Å². The third kappa shape index (κ3) is 5.17. The van der Waals surface area contributed by atoms with Gasteiger partial charge in [-0.2, -0.15) is 0 Å². The molecule has 0 spiro atoms. The van der Waals surface area contributed by atoms with Crippen LogP contribution >= 0.6 is 0 Å². The van der Waals surface area contributed by atoms with Crippen LogP contribution in [0.4, 0.5) is 0 Å². The fraction of sp³-hybridized carbons (Fsp3) is 0.667. The number of nitrogens with zero attached hydrogens (tertiary/aromatic N) is 3. The smallest absolute Gasteiger partial charge is 0.208 e. The van der Waals surface area contributed by atoms with Gasteiger partial charge in [-0.15, -0.1) is 5.43 Å². The van der Waals surface area contributed by atoms with Crippen molar-refractivity contribution in [2.45, 2.75) is 0 Å². The highest BCUT2D eigenvalue weighted by Crippen LogP contribution is 1.81. The Morgan fingerprint density at radius 3 is 2.31 bits per heavy atom. The Kier molecular flexibility index (Phi) is 4.61. The topological polar surface area (TPSA) is 131 Å². The standard InChI is InChI=1S/C3H7N5O5/c9-3-4-1-6(8(12)13)2-5-7(10)11/h3,5H,1-2H2,(H,4,9). The van der Waals surface area contributed by atoms with Crippen LogP contribution in [0.2, 0.25) is 0 Å². The summed E-state index contributed by atoms with van der Waals surface area (Å²) in [5, 5.41) is 20.5. The van der Waals surface area contributed by atoms with E-state index in [1.165, 1.54) is 0 Å². The Morgan fingerprint density at radius 2 is 1.92 bits per heavy atom. The van der Waals surface area contributed by atoms with Crippen molar-refractivity contribution in [3.8, 4) is 0 Å². The first-order chi connectivity index (χ1) is 6.07. The molecule has 13 heavy (non-hydrogen) atoms. The predicted molar refractivity (Wildman–Crippen MR) is 37.9 cm³/mol. The highest BCUT2D eigenvalue weighted by Gasteiger charge is 2.14. The summed E-state index contributed by atoms with van der Waals surface area (Å²) in [5.74, 6) is 0. The lowest BCUT2D eigenvalue weighted by molar-refractivity contribution is -0.672. The first kappa shape index (κ1) is 10.9. The van der Waals surface area contributed by atoms with Crippen molar-refractivity contribution in [3.63, 3.8) is 0 Å². The highest BCUT2D eigenvalue weighted by atomic mass is 16.7. The van der Waals surface area contributed by atoms with E-state index in [1.54, 1.807) is 5.43 Å². The van der Waals surface area contributed by atoms with Crippen LogP contribution in [0.3, 0.4) is 0 Å². The van der Waals surface area contributed by atoms with E-state index in [2.05, 4.69) is 0 Å². The van der Waals surface area contributed by atoms with Gasteiger partial charge >= 0.3 is 0 Å². The minimum absolute atomic E-state index is 0.253. The van der Waals surface area contributed by atoms with Crippen LogP contribution in [0.25, 0.3) is 0 Å². The van der Waals surface area contributed by atoms with Gasteiger partial charge in [0.1, 0.15) is 0 Å². The van der Waals surface area contributed by atoms with Crippen LogP contribution in [0.1, 0.15) is 0 Å². The van der Waals surface area contributed by atoms with E-state index in [0.29, 0.717) is 5.01 Å². The second-order valence-electron chi connectivity index (χ2n) is 1.80. The summed E-state index contributed by atoms with van der Waals surface area (Å²) in [4.78, 5) is 29.6. The molecule has 0 aliphatic carbocycles. The molecule has 0 aromatic rings. The maximum absolute atomic E-state index is 10.1. The van der Waals surface area contributed by atoms with E-state index in [4.69, 9.17) is 0 Å². The summed E-state index contributed by atoms with van der Waals surface area (Å²) in [7, 11) is 0. The predicted octanol–water partition coefficient (Wildman–Crippen LogP) is -2.08. The number of hydrogen-bond acceptors (Lipinski definition) is 5. The SMILES string of the molecule is O=CNCN(CN[N+](=O)[O-])[N+](=O)[O-]. The van der Waals surface area contributed by atoms with Crippen molar-refractivity contribution in [2.24, 2.45) is 0 Å². The molecule has 10 nitrogen and oxygen atoms in total. The van der Waals surface area contributed by atoms with Crippen molar-refractivity contribution in [1.82, 2.24) is 15.8 Å². The van der Waals surface area contributed by atoms with Gasteiger partial charge in [0.15, 0.2) is 16.7 Å². The first-order valence-corrected chi connectivity index (χ1v) is 3.02. The maximum atomic E-state index is 10.1. The molecule has 10 heteroatoms. The third-order valence-corrected chi connectivity index (χ3v) is 0.970. The maximum Gasteiger partial charge on any atom is 0.208 e. The van der Waals surface area contributed by atoms with Crippen molar-refractivity contribution in [2.75, 3.05) is 13.3 Å². The van der Waals surface area contributed by atoms with Crippen molar-refractivity contribution < 1.29 is 14.9 Å². The molecule has 74 valence electrons. The highest BCUT2D eigenvalue weighted by molar-refractivity contribution is 5.45. The number of nitrogens with one attached hydrogen (secondary N) is 2. The summed E-state index contributed by atoms with van der Waals surface area (Å²) in [5.41, 5.74) is 1.59. The molecule has 0 unspecified atom stereocenters. The average Bonchev–Trinajstić information content (AvgIpc) is 2.03. The molecule has 0 aromatic heterocycles. The minimum Gasteiger partial charge on any atom is -0.336 e. The number of carbonyl (C=O) groups is 1. The quantitative estimate of drug-likeness (QED) is 0.205. The monoisotopic (exact) mass is 193 g/mol. The summed E-state index contributed by atoms with van der Waals surface area (Å²) >= 11 is 0. The van der Waals surface area contributed by atoms with Crippen molar-refractivity contribution in [3.05, 3.63) is 20.2 Å². The summed E-state index contributed by atoms with van der Waals surface area (Å²) < 4.78 is 0. The molecule has 0 atom stereocenters. The normalized spacial score (nSPS) is 8.62. The van der Waals surface area contributed by atoms with Crippen LogP contribution < -0.4 is 10.7 Å². The number of hydrazine groups is 2. The fourth-order valence-corrected chi connectivity index (χ4v) is 0.453. The van der Waals surface area contributed by atoms with Gasteiger partial charge in [0.05, 0.1) is 0 Å². The van der Waals surface area contributed by atoms with E-state index >= 15 is 0 Å². The lowest BCUT2D eigenvalue weighted by Crippen LogP contribution is -2.45. The van der Waals surface area contributed by atoms with Crippen LogP contribution in [-0.2, 0) is 4.79 Å². The zero-order valence-electron chi connectivity index (χ0n) is 6.37. The van der Waals surface area contributed by atoms with Gasteiger partial charge < -0.3 is 5.32 Å². The number of rotatable bonds is 7. The number of hydrogen-bond donors (Lipinski definition) is 2. The van der Waals surface area contributed by atoms with Gasteiger partial charge in [-0.05, 0) is 0 Å². The van der Waals surface area contributed by atoms with Gasteiger partial charge in [-0.25, -0.2) is 20.2 Å². The number of nitro groups is 2. The molecule has 0 heterocycles. The van der Waals surface area contributed by atoms with E-state index < -0.39 is 23.4 Å². The van der Waals surface area contributed by atoms with Crippen LogP contribution in [0.5, 0.6) is 0 Å². The molecule has 0 aromatic carbocycles. The average molecular weight is 193 g/mol. The largest absolute Gasteiger partial charge is 0.336 e. The first-order valence-electron chi connectivity index (χ1n) is 3.02. The Hall–Kier alpha value is -2.13. The molecule has 1 amide bonds. The van der Waals surface area contributed by atoms with Crippen LogP contribution in [0.15, 0.2) is 0 Å². The number of amides is 1. The molecular weight excluding hydrogens is 186 g/mol. The summed E-state index contributed by atoms with van der Waals surface area (Å²) in [6.07, 6.45) is 0.253. The minimum atomic E-state index is -0.919. The van der Waals surface area contributed by atoms with Crippen molar-refractivity contribution in [1.29, 1.82) is 0 Å². The molecule has 0 rings (SSSR count). The zero-order chi connectivity index (χ0) is 10.3. The van der Waals surface area contributed by atoms with Crippen molar-refractivity contribution >= 4 is 6.41 Å². The molecule has 0 bridgehead atoms. The molecule has 0 saturated carbocycles. The Morgan fingerprint density at radius 1 is 1.31 bits per heavy atom. The zero-order valence-corrected chi connectivity index (χ0v) is 6.37. The lowest BCUT2D eigenvalue weighted by Gasteiger charge is -2.10. The lowest BCUT2D eigenvalue weighted by atomic mass is 10.9. The van der Waals surface area contributed by atoms with Gasteiger partial charge in [0, 0.05) is 0 Å².